The maximum atomic E-state index is 13.4. The molecule has 3 amide bonds. The summed E-state index contributed by atoms with van der Waals surface area (Å²) in [5.74, 6) is 1.50. The third-order valence-electron chi connectivity index (χ3n) is 6.59. The number of nitrogens with one attached hydrogen (secondary N) is 1. The van der Waals surface area contributed by atoms with E-state index in [1.807, 2.05) is 54.6 Å². The molecule has 8 nitrogen and oxygen atoms in total. The van der Waals surface area contributed by atoms with Crippen LogP contribution in [0.25, 0.3) is 10.8 Å². The van der Waals surface area contributed by atoms with Crippen LogP contribution in [-0.4, -0.2) is 66.7 Å². The second-order valence-electron chi connectivity index (χ2n) is 8.65. The van der Waals surface area contributed by atoms with Crippen molar-refractivity contribution in [1.82, 2.24) is 20.1 Å². The van der Waals surface area contributed by atoms with Crippen LogP contribution in [0.2, 0.25) is 0 Å². The van der Waals surface area contributed by atoms with E-state index < -0.39 is 5.54 Å². The Balaban J connectivity index is 1.29. The van der Waals surface area contributed by atoms with Crippen molar-refractivity contribution in [3.05, 3.63) is 66.4 Å². The van der Waals surface area contributed by atoms with Crippen LogP contribution in [0.15, 0.2) is 60.8 Å². The molecule has 33 heavy (non-hydrogen) atoms. The minimum absolute atomic E-state index is 0.229. The maximum Gasteiger partial charge on any atom is 0.326 e. The van der Waals surface area contributed by atoms with Gasteiger partial charge < -0.3 is 15.0 Å². The predicted octanol–water partition coefficient (Wildman–Crippen LogP) is 2.79. The zero-order chi connectivity index (χ0) is 23.0. The lowest BCUT2D eigenvalue weighted by Gasteiger charge is -2.36. The largest absolute Gasteiger partial charge is 0.497 e. The molecule has 1 N–H and O–H groups in total. The van der Waals surface area contributed by atoms with Crippen molar-refractivity contribution in [1.29, 1.82) is 0 Å². The number of hydrogen-bond donors (Lipinski definition) is 1. The lowest BCUT2D eigenvalue weighted by Crippen LogP contribution is -2.51. The first-order valence-corrected chi connectivity index (χ1v) is 11.1. The fourth-order valence-corrected chi connectivity index (χ4v) is 4.54. The van der Waals surface area contributed by atoms with Crippen LogP contribution >= 0.6 is 0 Å². The molecule has 0 spiro atoms. The van der Waals surface area contributed by atoms with Crippen molar-refractivity contribution in [3.8, 4) is 5.75 Å². The standard InChI is InChI=1S/C25H27N5O3/c1-25(20-8-6-19-16-21(33-2)9-7-18(19)15-20)23(31)30(24(32)27-25)17-28-11-13-29(14-12-28)22-5-3-4-10-26-22/h3-10,15-16H,11-14,17H2,1-2H3,(H,27,32). The Bertz CT molecular complexity index is 1190. The number of benzene rings is 2. The summed E-state index contributed by atoms with van der Waals surface area (Å²) in [5, 5.41) is 4.93. The number of methoxy groups -OCH3 is 1. The van der Waals surface area contributed by atoms with Crippen LogP contribution in [-0.2, 0) is 10.3 Å². The molecule has 2 saturated heterocycles. The summed E-state index contributed by atoms with van der Waals surface area (Å²) < 4.78 is 5.29. The lowest BCUT2D eigenvalue weighted by molar-refractivity contribution is -0.132. The van der Waals surface area contributed by atoms with E-state index in [4.69, 9.17) is 4.74 Å². The molecule has 0 radical (unpaired) electrons. The zero-order valence-electron chi connectivity index (χ0n) is 18.8. The monoisotopic (exact) mass is 445 g/mol. The van der Waals surface area contributed by atoms with E-state index in [-0.39, 0.29) is 18.6 Å². The first-order chi connectivity index (χ1) is 16.0. The van der Waals surface area contributed by atoms with Gasteiger partial charge >= 0.3 is 6.03 Å². The maximum absolute atomic E-state index is 13.4. The summed E-state index contributed by atoms with van der Waals surface area (Å²) in [5.41, 5.74) is -0.331. The SMILES string of the molecule is COc1ccc2cc(C3(C)NC(=O)N(CN4CCN(c5ccccn5)CC4)C3=O)ccc2c1. The second-order valence-corrected chi connectivity index (χ2v) is 8.65. The molecule has 0 bridgehead atoms. The first-order valence-electron chi connectivity index (χ1n) is 11.1. The Morgan fingerprint density at radius 2 is 1.76 bits per heavy atom. The van der Waals surface area contributed by atoms with Crippen molar-refractivity contribution in [2.24, 2.45) is 0 Å². The molecule has 3 heterocycles. The topological polar surface area (TPSA) is 78.0 Å². The van der Waals surface area contributed by atoms with Crippen molar-refractivity contribution in [3.63, 3.8) is 0 Å². The Kier molecular flexibility index (Phi) is 5.38. The number of carbonyl (C=O) groups is 2. The summed E-state index contributed by atoms with van der Waals surface area (Å²) in [6, 6.07) is 17.1. The number of anilines is 1. The molecular weight excluding hydrogens is 418 g/mol. The Hall–Kier alpha value is -3.65. The van der Waals surface area contributed by atoms with E-state index in [0.717, 1.165) is 54.1 Å². The van der Waals surface area contributed by atoms with Gasteiger partial charge in [-0.15, -0.1) is 0 Å². The Morgan fingerprint density at radius 3 is 2.48 bits per heavy atom. The van der Waals surface area contributed by atoms with Crippen LogP contribution in [0.1, 0.15) is 12.5 Å². The number of urea groups is 1. The molecule has 2 fully saturated rings. The van der Waals surface area contributed by atoms with Gasteiger partial charge in [0, 0.05) is 32.4 Å². The van der Waals surface area contributed by atoms with Crippen molar-refractivity contribution in [2.45, 2.75) is 12.5 Å². The molecule has 170 valence electrons. The number of amides is 3. The summed E-state index contributed by atoms with van der Waals surface area (Å²) in [6.45, 7) is 5.15. The molecule has 3 aromatic rings. The average molecular weight is 446 g/mol. The number of ether oxygens (including phenoxy) is 1. The molecule has 5 rings (SSSR count). The molecule has 8 heteroatoms. The summed E-state index contributed by atoms with van der Waals surface area (Å²) in [7, 11) is 1.64. The summed E-state index contributed by atoms with van der Waals surface area (Å²) in [6.07, 6.45) is 1.79. The van der Waals surface area contributed by atoms with Gasteiger partial charge in [-0.05, 0) is 53.6 Å². The summed E-state index contributed by atoms with van der Waals surface area (Å²) >= 11 is 0. The highest BCUT2D eigenvalue weighted by Crippen LogP contribution is 2.32. The molecule has 2 aromatic carbocycles. The third-order valence-corrected chi connectivity index (χ3v) is 6.59. The predicted molar refractivity (Wildman–Crippen MR) is 126 cm³/mol. The average Bonchev–Trinajstić information content (AvgIpc) is 3.08. The molecule has 1 aromatic heterocycles. The van der Waals surface area contributed by atoms with E-state index in [1.54, 1.807) is 20.2 Å². The van der Waals surface area contributed by atoms with Crippen molar-refractivity contribution in [2.75, 3.05) is 44.9 Å². The fourth-order valence-electron chi connectivity index (χ4n) is 4.54. The van der Waals surface area contributed by atoms with E-state index in [1.165, 1.54) is 4.90 Å². The first kappa shape index (κ1) is 21.2. The van der Waals surface area contributed by atoms with Gasteiger partial charge in [-0.25, -0.2) is 14.7 Å². The van der Waals surface area contributed by atoms with Gasteiger partial charge in [0.1, 0.15) is 17.1 Å². The lowest BCUT2D eigenvalue weighted by atomic mass is 9.90. The molecule has 1 unspecified atom stereocenters. The number of nitrogens with zero attached hydrogens (tertiary/aromatic N) is 4. The molecule has 0 saturated carbocycles. The smallest absolute Gasteiger partial charge is 0.326 e. The van der Waals surface area contributed by atoms with Crippen LogP contribution in [0.5, 0.6) is 5.75 Å². The van der Waals surface area contributed by atoms with Gasteiger partial charge in [0.2, 0.25) is 0 Å². The van der Waals surface area contributed by atoms with Gasteiger partial charge in [0.05, 0.1) is 13.8 Å². The van der Waals surface area contributed by atoms with E-state index in [0.29, 0.717) is 0 Å². The molecule has 2 aliphatic rings. The molecular formula is C25H27N5O3. The minimum Gasteiger partial charge on any atom is -0.497 e. The van der Waals surface area contributed by atoms with Gasteiger partial charge in [0.25, 0.3) is 5.91 Å². The van der Waals surface area contributed by atoms with Crippen LogP contribution in [0.3, 0.4) is 0 Å². The Morgan fingerprint density at radius 1 is 1.00 bits per heavy atom. The van der Waals surface area contributed by atoms with Gasteiger partial charge in [0.15, 0.2) is 0 Å². The third kappa shape index (κ3) is 3.87. The highest BCUT2D eigenvalue weighted by Gasteiger charge is 2.49. The summed E-state index contributed by atoms with van der Waals surface area (Å²) in [4.78, 5) is 36.3. The number of piperazine rings is 1. The van der Waals surface area contributed by atoms with Crippen LogP contribution in [0.4, 0.5) is 10.6 Å². The normalized spacial score (nSPS) is 21.5. The van der Waals surface area contributed by atoms with E-state index in [2.05, 4.69) is 20.1 Å². The van der Waals surface area contributed by atoms with Crippen LogP contribution in [0, 0.1) is 0 Å². The number of fused-ring (bicyclic) bond motifs is 1. The van der Waals surface area contributed by atoms with Gasteiger partial charge in [-0.2, -0.15) is 0 Å². The zero-order valence-corrected chi connectivity index (χ0v) is 18.8. The molecule has 0 aliphatic carbocycles. The quantitative estimate of drug-likeness (QED) is 0.609. The number of rotatable bonds is 5. The number of aromatic nitrogens is 1. The number of hydrogen-bond acceptors (Lipinski definition) is 6. The van der Waals surface area contributed by atoms with Gasteiger partial charge in [-0.1, -0.05) is 24.3 Å². The fraction of sp³-hybridized carbons (Fsp3) is 0.320. The van der Waals surface area contributed by atoms with Crippen LogP contribution < -0.4 is 15.0 Å². The van der Waals surface area contributed by atoms with Gasteiger partial charge in [-0.3, -0.25) is 9.69 Å². The second kappa shape index (κ2) is 8.37. The van der Waals surface area contributed by atoms with E-state index >= 15 is 0 Å². The highest BCUT2D eigenvalue weighted by molar-refractivity contribution is 6.07. The number of pyridine rings is 1. The Labute approximate surface area is 192 Å². The highest BCUT2D eigenvalue weighted by atomic mass is 16.5. The van der Waals surface area contributed by atoms with Crippen molar-refractivity contribution >= 4 is 28.5 Å². The van der Waals surface area contributed by atoms with E-state index in [9.17, 15) is 9.59 Å². The minimum atomic E-state index is -1.10. The molecule has 2 aliphatic heterocycles. The van der Waals surface area contributed by atoms with Crippen molar-refractivity contribution < 1.29 is 14.3 Å². The molecule has 1 atom stereocenters. The number of imide groups is 1. The number of carbonyl (C=O) groups excluding carboxylic acids is 2.